The van der Waals surface area contributed by atoms with Gasteiger partial charge in [-0.15, -0.1) is 11.3 Å². The Labute approximate surface area is 185 Å². The van der Waals surface area contributed by atoms with Crippen LogP contribution in [-0.2, 0) is 12.8 Å². The van der Waals surface area contributed by atoms with Crippen LogP contribution in [0.2, 0.25) is 0 Å². The number of aromatic nitrogens is 2. The van der Waals surface area contributed by atoms with Gasteiger partial charge in [-0.05, 0) is 56.4 Å². The number of nitrogens with one attached hydrogen (secondary N) is 2. The fourth-order valence-corrected chi connectivity index (χ4v) is 6.15. The number of nitrogens with zero attached hydrogens (tertiary/aromatic N) is 3. The Morgan fingerprint density at radius 2 is 2.03 bits per heavy atom. The van der Waals surface area contributed by atoms with Crippen molar-refractivity contribution < 1.29 is 4.79 Å². The zero-order valence-corrected chi connectivity index (χ0v) is 18.3. The van der Waals surface area contributed by atoms with Gasteiger partial charge in [0.15, 0.2) is 0 Å². The van der Waals surface area contributed by atoms with E-state index >= 15 is 0 Å². The van der Waals surface area contributed by atoms with Crippen molar-refractivity contribution in [3.05, 3.63) is 46.1 Å². The second kappa shape index (κ2) is 7.17. The van der Waals surface area contributed by atoms with Crippen LogP contribution in [0.1, 0.15) is 39.5 Å². The van der Waals surface area contributed by atoms with Crippen LogP contribution in [0.3, 0.4) is 0 Å². The monoisotopic (exact) mass is 434 g/mol. The van der Waals surface area contributed by atoms with Crippen LogP contribution in [0.4, 0.5) is 11.5 Å². The standard InChI is InChI=1S/C23H26N6OS/c1-12-2-5-17-20(24)21(31-23(17)25-12)22(30)27-14-4-6-18-13(8-14)3-7-19(28-18)29-10-15-9-16(11-29)26-15/h2-3,5,7,14-16,26H,4,6,8-11,24H2,1H3,(H,27,30)/t14-,15?,16?/m0/s1. The number of anilines is 2. The Morgan fingerprint density at radius 3 is 2.84 bits per heavy atom. The first-order valence-electron chi connectivity index (χ1n) is 11.0. The predicted octanol–water partition coefficient (Wildman–Crippen LogP) is 2.42. The van der Waals surface area contributed by atoms with Crippen LogP contribution in [-0.4, -0.2) is 47.1 Å². The summed E-state index contributed by atoms with van der Waals surface area (Å²) in [7, 11) is 0. The molecule has 0 aromatic carbocycles. The number of nitrogen functional groups attached to an aromatic ring is 1. The number of aryl methyl sites for hydroxylation is 2. The van der Waals surface area contributed by atoms with E-state index in [4.69, 9.17) is 10.7 Å². The third-order valence-corrected chi connectivity index (χ3v) is 7.88. The molecule has 2 bridgehead atoms. The van der Waals surface area contributed by atoms with Crippen molar-refractivity contribution in [2.24, 2.45) is 0 Å². The third-order valence-electron chi connectivity index (χ3n) is 6.77. The lowest BCUT2D eigenvalue weighted by Crippen LogP contribution is -2.67. The van der Waals surface area contributed by atoms with Crippen molar-refractivity contribution in [1.82, 2.24) is 20.6 Å². The number of nitrogens with two attached hydrogens (primary N) is 1. The van der Waals surface area contributed by atoms with Gasteiger partial charge in [-0.3, -0.25) is 4.79 Å². The molecule has 4 aliphatic rings. The molecule has 0 saturated carbocycles. The first-order valence-corrected chi connectivity index (χ1v) is 11.8. The summed E-state index contributed by atoms with van der Waals surface area (Å²) in [4.78, 5) is 26.2. The molecule has 160 valence electrons. The van der Waals surface area contributed by atoms with Gasteiger partial charge in [-0.1, -0.05) is 6.07 Å². The lowest BCUT2D eigenvalue weighted by atomic mass is 9.90. The topological polar surface area (TPSA) is 96.2 Å². The number of piperazine rings is 1. The highest BCUT2D eigenvalue weighted by Gasteiger charge is 2.37. The number of amides is 1. The van der Waals surface area contributed by atoms with Crippen LogP contribution in [0.5, 0.6) is 0 Å². The molecule has 3 aliphatic heterocycles. The van der Waals surface area contributed by atoms with Crippen molar-refractivity contribution in [2.75, 3.05) is 23.7 Å². The van der Waals surface area contributed by atoms with Crippen LogP contribution in [0.25, 0.3) is 10.2 Å². The van der Waals surface area contributed by atoms with Crippen molar-refractivity contribution in [2.45, 2.75) is 50.7 Å². The molecule has 3 saturated heterocycles. The van der Waals surface area contributed by atoms with Gasteiger partial charge in [0.05, 0.1) is 5.69 Å². The van der Waals surface area contributed by atoms with E-state index < -0.39 is 0 Å². The number of pyridine rings is 2. The Bertz CT molecular complexity index is 1170. The number of thiophene rings is 1. The van der Waals surface area contributed by atoms with E-state index in [-0.39, 0.29) is 11.9 Å². The van der Waals surface area contributed by atoms with Gasteiger partial charge < -0.3 is 21.3 Å². The molecule has 3 fully saturated rings. The lowest BCUT2D eigenvalue weighted by Gasteiger charge is -2.48. The minimum atomic E-state index is -0.101. The van der Waals surface area contributed by atoms with Gasteiger partial charge in [0, 0.05) is 48.0 Å². The molecule has 3 aromatic heterocycles. The molecule has 7 rings (SSSR count). The van der Waals surface area contributed by atoms with E-state index in [0.717, 1.165) is 54.1 Å². The molecule has 4 N–H and O–H groups in total. The smallest absolute Gasteiger partial charge is 0.263 e. The zero-order valence-electron chi connectivity index (χ0n) is 17.5. The molecule has 3 atom stereocenters. The normalized spacial score (nSPS) is 24.5. The van der Waals surface area contributed by atoms with E-state index in [1.807, 2.05) is 19.1 Å². The maximum Gasteiger partial charge on any atom is 0.263 e. The van der Waals surface area contributed by atoms with Gasteiger partial charge in [-0.25, -0.2) is 9.97 Å². The number of carbonyl (C=O) groups is 1. The summed E-state index contributed by atoms with van der Waals surface area (Å²) < 4.78 is 0. The molecular weight excluding hydrogens is 408 g/mol. The second-order valence-corrected chi connectivity index (χ2v) is 10.0. The maximum absolute atomic E-state index is 13.0. The lowest BCUT2D eigenvalue weighted by molar-refractivity contribution is 0.0938. The Morgan fingerprint density at radius 1 is 1.23 bits per heavy atom. The largest absolute Gasteiger partial charge is 0.397 e. The minimum Gasteiger partial charge on any atom is -0.397 e. The molecule has 8 heteroatoms. The highest BCUT2D eigenvalue weighted by Crippen LogP contribution is 2.33. The summed E-state index contributed by atoms with van der Waals surface area (Å²) in [6.45, 7) is 4.04. The van der Waals surface area contributed by atoms with Gasteiger partial charge in [-0.2, -0.15) is 0 Å². The molecule has 0 radical (unpaired) electrons. The first-order chi connectivity index (χ1) is 15.0. The van der Waals surface area contributed by atoms with Crippen LogP contribution in [0, 0.1) is 6.92 Å². The summed E-state index contributed by atoms with van der Waals surface area (Å²) in [5.41, 5.74) is 10.1. The quantitative estimate of drug-likeness (QED) is 0.586. The summed E-state index contributed by atoms with van der Waals surface area (Å²) >= 11 is 1.37. The predicted molar refractivity (Wildman–Crippen MR) is 124 cm³/mol. The molecule has 0 spiro atoms. The third kappa shape index (κ3) is 3.34. The molecule has 3 aromatic rings. The fourth-order valence-electron chi connectivity index (χ4n) is 5.11. The van der Waals surface area contributed by atoms with E-state index in [0.29, 0.717) is 22.6 Å². The van der Waals surface area contributed by atoms with Gasteiger partial charge >= 0.3 is 0 Å². The van der Waals surface area contributed by atoms with Crippen molar-refractivity contribution in [3.8, 4) is 0 Å². The Kier molecular flexibility index (Phi) is 4.40. The molecule has 2 unspecified atom stereocenters. The highest BCUT2D eigenvalue weighted by atomic mass is 32.1. The van der Waals surface area contributed by atoms with E-state index in [1.54, 1.807) is 0 Å². The SMILES string of the molecule is Cc1ccc2c(N)c(C(=O)N[C@H]3CCc4nc(N5CC6CC(C5)N6)ccc4C3)sc2n1. The summed E-state index contributed by atoms with van der Waals surface area (Å²) in [6.07, 6.45) is 3.88. The summed E-state index contributed by atoms with van der Waals surface area (Å²) in [5.74, 6) is 0.995. The van der Waals surface area contributed by atoms with Crippen molar-refractivity contribution in [3.63, 3.8) is 0 Å². The molecule has 31 heavy (non-hydrogen) atoms. The summed E-state index contributed by atoms with van der Waals surface area (Å²) in [5, 5.41) is 7.63. The van der Waals surface area contributed by atoms with Gasteiger partial charge in [0.25, 0.3) is 5.91 Å². The van der Waals surface area contributed by atoms with Crippen LogP contribution in [0.15, 0.2) is 24.3 Å². The number of carbonyl (C=O) groups excluding carboxylic acids is 1. The van der Waals surface area contributed by atoms with Crippen molar-refractivity contribution in [1.29, 1.82) is 0 Å². The second-order valence-electron chi connectivity index (χ2n) is 9.04. The van der Waals surface area contributed by atoms with Gasteiger partial charge in [0.2, 0.25) is 0 Å². The molecular formula is C23H26N6OS. The highest BCUT2D eigenvalue weighted by molar-refractivity contribution is 7.21. The van der Waals surface area contributed by atoms with Crippen molar-refractivity contribution >= 4 is 39.0 Å². The number of fused-ring (bicyclic) bond motifs is 4. The number of hydrogen-bond acceptors (Lipinski definition) is 7. The average Bonchev–Trinajstić information content (AvgIpc) is 3.08. The number of rotatable bonds is 3. The van der Waals surface area contributed by atoms with Gasteiger partial charge in [0.1, 0.15) is 15.5 Å². The molecule has 7 nitrogen and oxygen atoms in total. The fraction of sp³-hybridized carbons (Fsp3) is 0.435. The Hall–Kier alpha value is -2.71. The molecule has 1 amide bonds. The van der Waals surface area contributed by atoms with E-state index in [2.05, 4.69) is 32.7 Å². The first kappa shape index (κ1) is 19.0. The zero-order chi connectivity index (χ0) is 21.1. The van der Waals surface area contributed by atoms with Crippen LogP contribution >= 0.6 is 11.3 Å². The van der Waals surface area contributed by atoms with Crippen LogP contribution < -0.4 is 21.3 Å². The van der Waals surface area contributed by atoms with E-state index in [9.17, 15) is 4.79 Å². The molecule has 1 aliphatic carbocycles. The Balaban J connectivity index is 1.16. The minimum absolute atomic E-state index is 0.0961. The molecule has 6 heterocycles. The van der Waals surface area contributed by atoms with E-state index in [1.165, 1.54) is 29.0 Å². The number of piperidine rings is 1. The summed E-state index contributed by atoms with van der Waals surface area (Å²) in [6, 6.07) is 9.56. The maximum atomic E-state index is 13.0. The average molecular weight is 435 g/mol. The number of hydrogen-bond donors (Lipinski definition) is 3.